The summed E-state index contributed by atoms with van der Waals surface area (Å²) >= 11 is 0. The molecule has 1 heterocycles. The van der Waals surface area contributed by atoms with Gasteiger partial charge < -0.3 is 20.3 Å². The number of nitrogens with zero attached hydrogens (tertiary/aromatic N) is 2. The van der Waals surface area contributed by atoms with Crippen molar-refractivity contribution in [2.45, 2.75) is 44.8 Å². The summed E-state index contributed by atoms with van der Waals surface area (Å²) in [5, 5.41) is 15.3. The van der Waals surface area contributed by atoms with Gasteiger partial charge in [-0.15, -0.1) is 0 Å². The van der Waals surface area contributed by atoms with Crippen LogP contribution in [0.5, 0.6) is 0 Å². The Labute approximate surface area is 148 Å². The molecule has 25 heavy (non-hydrogen) atoms. The van der Waals surface area contributed by atoms with Gasteiger partial charge in [0.05, 0.1) is 6.54 Å². The minimum absolute atomic E-state index is 0.0582. The molecule has 3 N–H and O–H groups in total. The number of carbonyl (C=O) groups excluding carboxylic acids is 1. The van der Waals surface area contributed by atoms with Crippen LogP contribution in [0.2, 0.25) is 0 Å². The Morgan fingerprint density at radius 3 is 2.84 bits per heavy atom. The highest BCUT2D eigenvalue weighted by Crippen LogP contribution is 2.23. The van der Waals surface area contributed by atoms with E-state index in [1.807, 2.05) is 29.0 Å². The lowest BCUT2D eigenvalue weighted by Gasteiger charge is -2.30. The molecule has 1 aliphatic carbocycles. The molecule has 2 atom stereocenters. The lowest BCUT2D eigenvalue weighted by atomic mass is 9.85. The average molecular weight is 342 g/mol. The highest BCUT2D eigenvalue weighted by atomic mass is 16.3. The molecular weight excluding hydrogens is 316 g/mol. The van der Waals surface area contributed by atoms with E-state index in [9.17, 15) is 9.90 Å². The molecule has 2 amide bonds. The van der Waals surface area contributed by atoms with Gasteiger partial charge in [-0.3, -0.25) is 0 Å². The molecule has 1 aliphatic rings. The van der Waals surface area contributed by atoms with Crippen molar-refractivity contribution >= 4 is 6.03 Å². The summed E-state index contributed by atoms with van der Waals surface area (Å²) in [6.07, 6.45) is 7.81. The predicted octanol–water partition coefficient (Wildman–Crippen LogP) is 2.28. The number of aliphatic hydroxyl groups excluding tert-OH is 1. The molecule has 6 heteroatoms. The minimum atomic E-state index is -0.195. The maximum absolute atomic E-state index is 12.2. The van der Waals surface area contributed by atoms with Gasteiger partial charge in [0.25, 0.3) is 0 Å². The first kappa shape index (κ1) is 17.5. The molecule has 134 valence electrons. The number of aromatic nitrogens is 2. The van der Waals surface area contributed by atoms with Crippen molar-refractivity contribution in [3.05, 3.63) is 54.1 Å². The van der Waals surface area contributed by atoms with Crippen LogP contribution in [0.1, 0.15) is 37.1 Å². The Balaban J connectivity index is 1.52. The maximum atomic E-state index is 12.2. The van der Waals surface area contributed by atoms with Crippen molar-refractivity contribution in [2.75, 3.05) is 6.61 Å². The number of imidazole rings is 1. The summed E-state index contributed by atoms with van der Waals surface area (Å²) in [6.45, 7) is 1.24. The molecule has 1 fully saturated rings. The van der Waals surface area contributed by atoms with Crippen LogP contribution >= 0.6 is 0 Å². The number of rotatable bonds is 6. The highest BCUT2D eigenvalue weighted by molar-refractivity contribution is 5.74. The normalized spacial score (nSPS) is 20.2. The van der Waals surface area contributed by atoms with Gasteiger partial charge in [0.15, 0.2) is 0 Å². The zero-order valence-electron chi connectivity index (χ0n) is 14.4. The molecule has 3 rings (SSSR count). The van der Waals surface area contributed by atoms with Crippen LogP contribution in [0.3, 0.4) is 0 Å². The zero-order valence-corrected chi connectivity index (χ0v) is 14.4. The SMILES string of the molecule is O=C(NCc1nccn1Cc1ccccc1)NC1CCCCC1CO. The second-order valence-electron chi connectivity index (χ2n) is 6.62. The van der Waals surface area contributed by atoms with Gasteiger partial charge in [-0.25, -0.2) is 9.78 Å². The summed E-state index contributed by atoms with van der Waals surface area (Å²) in [5.41, 5.74) is 1.19. The van der Waals surface area contributed by atoms with E-state index in [-0.39, 0.29) is 24.6 Å². The van der Waals surface area contributed by atoms with Crippen molar-refractivity contribution in [2.24, 2.45) is 5.92 Å². The van der Waals surface area contributed by atoms with Crippen LogP contribution in [0.25, 0.3) is 0 Å². The van der Waals surface area contributed by atoms with E-state index in [2.05, 4.69) is 27.8 Å². The van der Waals surface area contributed by atoms with Crippen LogP contribution in [-0.4, -0.2) is 33.3 Å². The van der Waals surface area contributed by atoms with Gasteiger partial charge in [0, 0.05) is 37.5 Å². The summed E-state index contributed by atoms with van der Waals surface area (Å²) in [7, 11) is 0. The topological polar surface area (TPSA) is 79.2 Å². The maximum Gasteiger partial charge on any atom is 0.315 e. The largest absolute Gasteiger partial charge is 0.396 e. The standard InChI is InChI=1S/C19H26N4O2/c24-14-16-8-4-5-9-17(16)22-19(25)21-12-18-20-10-11-23(18)13-15-6-2-1-3-7-15/h1-3,6-7,10-11,16-17,24H,4-5,8-9,12-14H2,(H2,21,22,25). The Morgan fingerprint density at radius 2 is 2.04 bits per heavy atom. The quantitative estimate of drug-likeness (QED) is 0.753. The first-order valence-electron chi connectivity index (χ1n) is 8.95. The fraction of sp³-hybridized carbons (Fsp3) is 0.474. The van der Waals surface area contributed by atoms with Gasteiger partial charge in [-0.05, 0) is 18.4 Å². The molecular formula is C19H26N4O2. The van der Waals surface area contributed by atoms with Crippen LogP contribution in [0.4, 0.5) is 4.79 Å². The lowest BCUT2D eigenvalue weighted by Crippen LogP contribution is -2.47. The summed E-state index contributed by atoms with van der Waals surface area (Å²) < 4.78 is 2.03. The van der Waals surface area contributed by atoms with Crippen molar-refractivity contribution in [3.63, 3.8) is 0 Å². The summed E-state index contributed by atoms with van der Waals surface area (Å²) in [5.74, 6) is 0.987. The number of nitrogens with one attached hydrogen (secondary N) is 2. The third-order valence-electron chi connectivity index (χ3n) is 4.86. The number of aliphatic hydroxyl groups is 1. The second kappa shape index (κ2) is 8.67. The van der Waals surface area contributed by atoms with Crippen LogP contribution in [-0.2, 0) is 13.1 Å². The van der Waals surface area contributed by atoms with Crippen molar-refractivity contribution < 1.29 is 9.90 Å². The van der Waals surface area contributed by atoms with Crippen LogP contribution in [0.15, 0.2) is 42.7 Å². The average Bonchev–Trinajstić information content (AvgIpc) is 3.08. The van der Waals surface area contributed by atoms with E-state index in [1.54, 1.807) is 6.20 Å². The molecule has 6 nitrogen and oxygen atoms in total. The Hall–Kier alpha value is -2.34. The second-order valence-corrected chi connectivity index (χ2v) is 6.62. The Kier molecular flexibility index (Phi) is 6.06. The molecule has 0 saturated heterocycles. The van der Waals surface area contributed by atoms with Gasteiger partial charge in [-0.1, -0.05) is 43.2 Å². The Morgan fingerprint density at radius 1 is 1.24 bits per heavy atom. The summed E-state index contributed by atoms with van der Waals surface area (Å²) in [6, 6.07) is 10.0. The van der Waals surface area contributed by atoms with E-state index >= 15 is 0 Å². The number of amides is 2. The fourth-order valence-corrected chi connectivity index (χ4v) is 3.43. The molecule has 1 saturated carbocycles. The van der Waals surface area contributed by atoms with E-state index in [1.165, 1.54) is 5.56 Å². The van der Waals surface area contributed by atoms with Crippen molar-refractivity contribution in [1.82, 2.24) is 20.2 Å². The number of hydrogen-bond acceptors (Lipinski definition) is 3. The van der Waals surface area contributed by atoms with Gasteiger partial charge >= 0.3 is 6.03 Å². The van der Waals surface area contributed by atoms with Gasteiger partial charge in [0.1, 0.15) is 5.82 Å². The van der Waals surface area contributed by atoms with E-state index in [0.717, 1.165) is 38.1 Å². The van der Waals surface area contributed by atoms with Crippen LogP contribution in [0, 0.1) is 5.92 Å². The first-order chi connectivity index (χ1) is 12.3. The number of benzene rings is 1. The van der Waals surface area contributed by atoms with Crippen LogP contribution < -0.4 is 10.6 Å². The van der Waals surface area contributed by atoms with Crippen molar-refractivity contribution in [1.29, 1.82) is 0 Å². The molecule has 0 spiro atoms. The van der Waals surface area contributed by atoms with Crippen molar-refractivity contribution in [3.8, 4) is 0 Å². The van der Waals surface area contributed by atoms with E-state index < -0.39 is 0 Å². The molecule has 1 aromatic heterocycles. The minimum Gasteiger partial charge on any atom is -0.396 e. The zero-order chi connectivity index (χ0) is 17.5. The number of hydrogen-bond donors (Lipinski definition) is 3. The molecule has 2 unspecified atom stereocenters. The van der Waals surface area contributed by atoms with E-state index in [4.69, 9.17) is 0 Å². The smallest absolute Gasteiger partial charge is 0.315 e. The highest BCUT2D eigenvalue weighted by Gasteiger charge is 2.25. The number of carbonyl (C=O) groups is 1. The predicted molar refractivity (Wildman–Crippen MR) is 96.0 cm³/mol. The molecule has 0 bridgehead atoms. The summed E-state index contributed by atoms with van der Waals surface area (Å²) in [4.78, 5) is 16.5. The molecule has 0 aliphatic heterocycles. The monoisotopic (exact) mass is 342 g/mol. The van der Waals surface area contributed by atoms with Gasteiger partial charge in [0.2, 0.25) is 0 Å². The molecule has 2 aromatic rings. The van der Waals surface area contributed by atoms with Gasteiger partial charge in [-0.2, -0.15) is 0 Å². The van der Waals surface area contributed by atoms with E-state index in [0.29, 0.717) is 6.54 Å². The number of urea groups is 1. The first-order valence-corrected chi connectivity index (χ1v) is 8.95. The third-order valence-corrected chi connectivity index (χ3v) is 4.86. The Bertz CT molecular complexity index is 671. The molecule has 1 aromatic carbocycles. The third kappa shape index (κ3) is 4.82. The molecule has 0 radical (unpaired) electrons. The lowest BCUT2D eigenvalue weighted by molar-refractivity contribution is 0.153. The fourth-order valence-electron chi connectivity index (χ4n) is 3.43.